The van der Waals surface area contributed by atoms with Gasteiger partial charge in [0.05, 0.1) is 0 Å². The summed E-state index contributed by atoms with van der Waals surface area (Å²) in [5.74, 6) is 1.01. The van der Waals surface area contributed by atoms with Crippen molar-refractivity contribution in [3.8, 4) is 0 Å². The van der Waals surface area contributed by atoms with E-state index in [0.717, 1.165) is 5.92 Å². The molecule has 0 aromatic rings. The molecule has 0 aliphatic carbocycles. The fourth-order valence-corrected chi connectivity index (χ4v) is 3.49. The molecule has 0 aromatic carbocycles. The SMILES string of the molecule is CCCN1CCC(CCCN2CCN(C)CC2)CC1. The molecule has 0 radical (unpaired) electrons. The van der Waals surface area contributed by atoms with Crippen molar-refractivity contribution in [3.63, 3.8) is 0 Å². The normalized spacial score (nSPS) is 24.9. The van der Waals surface area contributed by atoms with E-state index in [1.807, 2.05) is 0 Å². The fraction of sp³-hybridized carbons (Fsp3) is 1.00. The first-order valence-corrected chi connectivity index (χ1v) is 8.41. The van der Waals surface area contributed by atoms with Gasteiger partial charge in [0.25, 0.3) is 0 Å². The van der Waals surface area contributed by atoms with E-state index in [2.05, 4.69) is 28.7 Å². The number of rotatable bonds is 6. The van der Waals surface area contributed by atoms with Crippen LogP contribution in [0.25, 0.3) is 0 Å². The molecule has 19 heavy (non-hydrogen) atoms. The third-order valence-electron chi connectivity index (χ3n) is 4.93. The lowest BCUT2D eigenvalue weighted by molar-refractivity contribution is 0.142. The zero-order valence-corrected chi connectivity index (χ0v) is 13.1. The average Bonchev–Trinajstić information content (AvgIpc) is 2.43. The summed E-state index contributed by atoms with van der Waals surface area (Å²) in [5.41, 5.74) is 0. The van der Waals surface area contributed by atoms with Crippen molar-refractivity contribution < 1.29 is 0 Å². The van der Waals surface area contributed by atoms with Gasteiger partial charge >= 0.3 is 0 Å². The molecule has 0 aromatic heterocycles. The summed E-state index contributed by atoms with van der Waals surface area (Å²) < 4.78 is 0. The molecule has 2 heterocycles. The van der Waals surface area contributed by atoms with Crippen LogP contribution in [0.3, 0.4) is 0 Å². The molecule has 0 amide bonds. The van der Waals surface area contributed by atoms with Gasteiger partial charge in [0.2, 0.25) is 0 Å². The Morgan fingerprint density at radius 3 is 2.11 bits per heavy atom. The second-order valence-electron chi connectivity index (χ2n) is 6.57. The summed E-state index contributed by atoms with van der Waals surface area (Å²) in [6.45, 7) is 12.7. The summed E-state index contributed by atoms with van der Waals surface area (Å²) >= 11 is 0. The lowest BCUT2D eigenvalue weighted by atomic mass is 9.92. The van der Waals surface area contributed by atoms with E-state index in [0.29, 0.717) is 0 Å². The zero-order chi connectivity index (χ0) is 13.5. The molecule has 2 aliphatic rings. The van der Waals surface area contributed by atoms with Crippen LogP contribution in [0.1, 0.15) is 39.0 Å². The number of piperazine rings is 1. The molecule has 2 rings (SSSR count). The first-order valence-electron chi connectivity index (χ1n) is 8.41. The van der Waals surface area contributed by atoms with Crippen LogP contribution >= 0.6 is 0 Å². The zero-order valence-electron chi connectivity index (χ0n) is 13.1. The Labute approximate surface area is 119 Å². The van der Waals surface area contributed by atoms with Crippen LogP contribution in [0.2, 0.25) is 0 Å². The predicted molar refractivity (Wildman–Crippen MR) is 82.6 cm³/mol. The lowest BCUT2D eigenvalue weighted by Gasteiger charge is -2.34. The molecular weight excluding hydrogens is 234 g/mol. The Balaban J connectivity index is 1.52. The smallest absolute Gasteiger partial charge is 0.0110 e. The standard InChI is InChI=1S/C16H33N3/c1-3-8-18-10-6-16(7-11-18)5-4-9-19-14-12-17(2)13-15-19/h16H,3-15H2,1-2H3. The van der Waals surface area contributed by atoms with E-state index in [1.54, 1.807) is 0 Å². The molecule has 0 unspecified atom stereocenters. The quantitative estimate of drug-likeness (QED) is 0.730. The van der Waals surface area contributed by atoms with Crippen molar-refractivity contribution in [1.82, 2.24) is 14.7 Å². The first kappa shape index (κ1) is 15.3. The Hall–Kier alpha value is -0.120. The minimum absolute atomic E-state index is 1.01. The van der Waals surface area contributed by atoms with E-state index in [4.69, 9.17) is 0 Å². The van der Waals surface area contributed by atoms with Gasteiger partial charge in [-0.1, -0.05) is 6.92 Å². The number of likely N-dealkylation sites (N-methyl/N-ethyl adjacent to an activating group) is 1. The summed E-state index contributed by atoms with van der Waals surface area (Å²) in [5, 5.41) is 0. The lowest BCUT2D eigenvalue weighted by Crippen LogP contribution is -2.44. The summed E-state index contributed by atoms with van der Waals surface area (Å²) in [4.78, 5) is 7.75. The molecule has 2 fully saturated rings. The van der Waals surface area contributed by atoms with Gasteiger partial charge in [-0.05, 0) is 71.2 Å². The Kier molecular flexibility index (Phi) is 6.62. The minimum atomic E-state index is 1.01. The topological polar surface area (TPSA) is 9.72 Å². The van der Waals surface area contributed by atoms with Crippen LogP contribution in [0.15, 0.2) is 0 Å². The highest BCUT2D eigenvalue weighted by Gasteiger charge is 2.19. The molecule has 3 nitrogen and oxygen atoms in total. The highest BCUT2D eigenvalue weighted by Crippen LogP contribution is 2.22. The van der Waals surface area contributed by atoms with Crippen LogP contribution in [-0.2, 0) is 0 Å². The van der Waals surface area contributed by atoms with Gasteiger partial charge in [-0.25, -0.2) is 0 Å². The third-order valence-corrected chi connectivity index (χ3v) is 4.93. The Morgan fingerprint density at radius 1 is 0.842 bits per heavy atom. The van der Waals surface area contributed by atoms with E-state index in [1.165, 1.54) is 84.5 Å². The summed E-state index contributed by atoms with van der Waals surface area (Å²) in [7, 11) is 2.24. The molecule has 2 aliphatic heterocycles. The molecule has 3 heteroatoms. The Morgan fingerprint density at radius 2 is 1.47 bits per heavy atom. The van der Waals surface area contributed by atoms with Crippen molar-refractivity contribution in [3.05, 3.63) is 0 Å². The van der Waals surface area contributed by atoms with Crippen molar-refractivity contribution in [2.45, 2.75) is 39.0 Å². The molecular formula is C16H33N3. The van der Waals surface area contributed by atoms with E-state index < -0.39 is 0 Å². The van der Waals surface area contributed by atoms with E-state index in [-0.39, 0.29) is 0 Å². The maximum absolute atomic E-state index is 2.66. The number of hydrogen-bond acceptors (Lipinski definition) is 3. The van der Waals surface area contributed by atoms with E-state index >= 15 is 0 Å². The van der Waals surface area contributed by atoms with Crippen molar-refractivity contribution in [2.24, 2.45) is 5.92 Å². The van der Waals surface area contributed by atoms with Crippen LogP contribution in [-0.4, -0.2) is 74.1 Å². The maximum Gasteiger partial charge on any atom is 0.0110 e. The molecule has 0 N–H and O–H groups in total. The molecule has 0 atom stereocenters. The predicted octanol–water partition coefficient (Wildman–Crippen LogP) is 2.14. The van der Waals surface area contributed by atoms with Crippen molar-refractivity contribution in [2.75, 3.05) is 59.4 Å². The number of nitrogens with zero attached hydrogens (tertiary/aromatic N) is 3. The summed E-state index contributed by atoms with van der Waals surface area (Å²) in [6, 6.07) is 0. The van der Waals surface area contributed by atoms with Crippen LogP contribution in [0, 0.1) is 5.92 Å². The second kappa shape index (κ2) is 8.23. The van der Waals surface area contributed by atoms with Gasteiger partial charge in [0.1, 0.15) is 0 Å². The van der Waals surface area contributed by atoms with Gasteiger partial charge in [-0.2, -0.15) is 0 Å². The molecule has 0 spiro atoms. The molecule has 0 bridgehead atoms. The monoisotopic (exact) mass is 267 g/mol. The molecule has 2 saturated heterocycles. The molecule has 0 saturated carbocycles. The maximum atomic E-state index is 2.66. The Bertz CT molecular complexity index is 228. The number of hydrogen-bond donors (Lipinski definition) is 0. The van der Waals surface area contributed by atoms with Crippen LogP contribution in [0.5, 0.6) is 0 Å². The third kappa shape index (κ3) is 5.41. The molecule has 112 valence electrons. The largest absolute Gasteiger partial charge is 0.304 e. The van der Waals surface area contributed by atoms with Crippen LogP contribution < -0.4 is 0 Å². The summed E-state index contributed by atoms with van der Waals surface area (Å²) in [6.07, 6.45) is 7.09. The van der Waals surface area contributed by atoms with Gasteiger partial charge in [-0.3, -0.25) is 0 Å². The van der Waals surface area contributed by atoms with Gasteiger partial charge < -0.3 is 14.7 Å². The number of likely N-dealkylation sites (tertiary alicyclic amines) is 1. The van der Waals surface area contributed by atoms with E-state index in [9.17, 15) is 0 Å². The second-order valence-corrected chi connectivity index (χ2v) is 6.57. The van der Waals surface area contributed by atoms with Gasteiger partial charge in [0.15, 0.2) is 0 Å². The van der Waals surface area contributed by atoms with Gasteiger partial charge in [0, 0.05) is 26.2 Å². The first-order chi connectivity index (χ1) is 9.28. The van der Waals surface area contributed by atoms with Gasteiger partial charge in [-0.15, -0.1) is 0 Å². The van der Waals surface area contributed by atoms with Crippen molar-refractivity contribution >= 4 is 0 Å². The fourth-order valence-electron chi connectivity index (χ4n) is 3.49. The average molecular weight is 267 g/mol. The van der Waals surface area contributed by atoms with Crippen molar-refractivity contribution in [1.29, 1.82) is 0 Å². The highest BCUT2D eigenvalue weighted by molar-refractivity contribution is 4.74. The highest BCUT2D eigenvalue weighted by atomic mass is 15.2. The van der Waals surface area contributed by atoms with Crippen LogP contribution in [0.4, 0.5) is 0 Å². The number of piperidine rings is 1. The minimum Gasteiger partial charge on any atom is -0.304 e.